The number of likely N-dealkylation sites (tertiary alicyclic amines) is 1. The van der Waals surface area contributed by atoms with Gasteiger partial charge in [0.15, 0.2) is 11.5 Å². The lowest BCUT2D eigenvalue weighted by Gasteiger charge is -2.27. The molecule has 0 bridgehead atoms. The van der Waals surface area contributed by atoms with Gasteiger partial charge in [-0.15, -0.1) is 0 Å². The third-order valence-electron chi connectivity index (χ3n) is 6.39. The molecule has 8 heteroatoms. The van der Waals surface area contributed by atoms with Gasteiger partial charge in [0.25, 0.3) is 0 Å². The van der Waals surface area contributed by atoms with Crippen molar-refractivity contribution in [3.63, 3.8) is 0 Å². The second kappa shape index (κ2) is 11.8. The van der Waals surface area contributed by atoms with E-state index in [1.807, 2.05) is 48.0 Å². The molecule has 0 amide bonds. The number of hydrogen-bond donors (Lipinski definition) is 1. The monoisotopic (exact) mass is 499 g/mol. The van der Waals surface area contributed by atoms with Crippen molar-refractivity contribution in [2.75, 3.05) is 33.4 Å². The van der Waals surface area contributed by atoms with Crippen LogP contribution in [-0.2, 0) is 13.1 Å². The predicted octanol–water partition coefficient (Wildman–Crippen LogP) is 4.73. The van der Waals surface area contributed by atoms with Crippen molar-refractivity contribution in [1.82, 2.24) is 14.5 Å². The van der Waals surface area contributed by atoms with Crippen LogP contribution in [0.2, 0.25) is 5.02 Å². The minimum Gasteiger partial charge on any atom is -0.493 e. The van der Waals surface area contributed by atoms with E-state index in [0.717, 1.165) is 55.2 Å². The molecule has 2 aromatic carbocycles. The summed E-state index contributed by atoms with van der Waals surface area (Å²) in [5.74, 6) is 2.08. The SMILES string of the molecule is COc1cc(CN2CCC[C@@](O)(COc3cc(C)ccc3Cl)CC2)ccc1OCCn1ccnc1. The first-order valence-corrected chi connectivity index (χ1v) is 12.4. The lowest BCUT2D eigenvalue weighted by Crippen LogP contribution is -2.37. The molecule has 1 N–H and O–H groups in total. The van der Waals surface area contributed by atoms with Crippen LogP contribution in [0.1, 0.15) is 30.4 Å². The summed E-state index contributed by atoms with van der Waals surface area (Å²) in [4.78, 5) is 6.41. The highest BCUT2D eigenvalue weighted by Gasteiger charge is 2.31. The second-order valence-electron chi connectivity index (χ2n) is 9.21. The van der Waals surface area contributed by atoms with Crippen molar-refractivity contribution >= 4 is 11.6 Å². The smallest absolute Gasteiger partial charge is 0.161 e. The molecule has 1 atom stereocenters. The van der Waals surface area contributed by atoms with Gasteiger partial charge in [-0.2, -0.15) is 0 Å². The summed E-state index contributed by atoms with van der Waals surface area (Å²) in [6, 6.07) is 11.8. The summed E-state index contributed by atoms with van der Waals surface area (Å²) < 4.78 is 19.4. The van der Waals surface area contributed by atoms with Gasteiger partial charge in [0.05, 0.1) is 30.6 Å². The Morgan fingerprint density at radius 1 is 1.06 bits per heavy atom. The van der Waals surface area contributed by atoms with Gasteiger partial charge in [-0.25, -0.2) is 4.98 Å². The molecule has 4 rings (SSSR count). The van der Waals surface area contributed by atoms with Crippen LogP contribution in [0.5, 0.6) is 17.2 Å². The largest absolute Gasteiger partial charge is 0.493 e. The Hall–Kier alpha value is -2.74. The first-order valence-electron chi connectivity index (χ1n) is 12.0. The van der Waals surface area contributed by atoms with Gasteiger partial charge >= 0.3 is 0 Å². The van der Waals surface area contributed by atoms with Gasteiger partial charge in [0.2, 0.25) is 0 Å². The molecule has 1 aliphatic rings. The Morgan fingerprint density at radius 2 is 1.94 bits per heavy atom. The topological polar surface area (TPSA) is 69.0 Å². The molecule has 1 aliphatic heterocycles. The van der Waals surface area contributed by atoms with Crippen LogP contribution in [0.3, 0.4) is 0 Å². The molecule has 2 heterocycles. The Morgan fingerprint density at radius 3 is 2.74 bits per heavy atom. The lowest BCUT2D eigenvalue weighted by molar-refractivity contribution is -0.0168. The number of aliphatic hydroxyl groups is 1. The van der Waals surface area contributed by atoms with Crippen molar-refractivity contribution in [1.29, 1.82) is 0 Å². The molecule has 0 radical (unpaired) electrons. The van der Waals surface area contributed by atoms with Crippen molar-refractivity contribution in [2.24, 2.45) is 0 Å². The number of methoxy groups -OCH3 is 1. The zero-order valence-electron chi connectivity index (χ0n) is 20.5. The fourth-order valence-corrected chi connectivity index (χ4v) is 4.51. The summed E-state index contributed by atoms with van der Waals surface area (Å²) in [7, 11) is 1.66. The average Bonchev–Trinajstić information content (AvgIpc) is 3.30. The Kier molecular flexibility index (Phi) is 8.55. The maximum absolute atomic E-state index is 11.2. The highest BCUT2D eigenvalue weighted by molar-refractivity contribution is 6.32. The van der Waals surface area contributed by atoms with Gasteiger partial charge in [-0.05, 0) is 68.1 Å². The van der Waals surface area contributed by atoms with E-state index in [0.29, 0.717) is 30.2 Å². The standard InChI is InChI=1S/C27H34ClN3O4/c1-21-4-6-23(28)25(16-21)35-19-27(32)8-3-11-30(12-9-27)18-22-5-7-24(26(17-22)33-2)34-15-14-31-13-10-29-20-31/h4-7,10,13,16-17,20,32H,3,8-9,11-12,14-15,18-19H2,1-2H3/t27-/m0/s1. The van der Waals surface area contributed by atoms with Gasteiger partial charge in [0, 0.05) is 25.5 Å². The highest BCUT2D eigenvalue weighted by Crippen LogP contribution is 2.31. The Bertz CT molecular complexity index is 1090. The van der Waals surface area contributed by atoms with Gasteiger partial charge in [0.1, 0.15) is 19.0 Å². The van der Waals surface area contributed by atoms with Crippen LogP contribution in [0.25, 0.3) is 0 Å². The number of imidazole rings is 1. The first kappa shape index (κ1) is 25.4. The number of hydrogen-bond acceptors (Lipinski definition) is 6. The zero-order chi connectivity index (χ0) is 24.7. The summed E-state index contributed by atoms with van der Waals surface area (Å²) in [5, 5.41) is 11.8. The number of aromatic nitrogens is 2. The minimum atomic E-state index is -0.869. The summed E-state index contributed by atoms with van der Waals surface area (Å²) in [6.07, 6.45) is 7.67. The zero-order valence-corrected chi connectivity index (χ0v) is 21.2. The van der Waals surface area contributed by atoms with Crippen LogP contribution in [0.4, 0.5) is 0 Å². The van der Waals surface area contributed by atoms with Crippen molar-refractivity contribution in [2.45, 2.75) is 44.9 Å². The molecule has 1 fully saturated rings. The van der Waals surface area contributed by atoms with E-state index in [2.05, 4.69) is 16.0 Å². The molecule has 3 aromatic rings. The third-order valence-corrected chi connectivity index (χ3v) is 6.71. The van der Waals surface area contributed by atoms with Crippen molar-refractivity contribution in [3.05, 3.63) is 71.3 Å². The maximum Gasteiger partial charge on any atom is 0.161 e. The number of ether oxygens (including phenoxy) is 3. The Balaban J connectivity index is 1.30. The minimum absolute atomic E-state index is 0.239. The van der Waals surface area contributed by atoms with Crippen molar-refractivity contribution < 1.29 is 19.3 Å². The fraction of sp³-hybridized carbons (Fsp3) is 0.444. The average molecular weight is 500 g/mol. The normalized spacial score (nSPS) is 18.7. The van der Waals surface area contributed by atoms with Gasteiger partial charge in [-0.3, -0.25) is 4.90 Å². The molecular weight excluding hydrogens is 466 g/mol. The first-order chi connectivity index (χ1) is 16.9. The van der Waals surface area contributed by atoms with E-state index in [1.54, 1.807) is 19.6 Å². The number of aryl methyl sites for hydroxylation is 1. The molecule has 7 nitrogen and oxygen atoms in total. The van der Waals surface area contributed by atoms with Gasteiger partial charge < -0.3 is 23.9 Å². The molecule has 0 spiro atoms. The number of benzene rings is 2. The summed E-state index contributed by atoms with van der Waals surface area (Å²) in [5.41, 5.74) is 1.36. The van der Waals surface area contributed by atoms with Crippen molar-refractivity contribution in [3.8, 4) is 17.2 Å². The number of halogens is 1. The summed E-state index contributed by atoms with van der Waals surface area (Å²) >= 11 is 6.25. The molecule has 0 unspecified atom stereocenters. The third kappa shape index (κ3) is 7.13. The predicted molar refractivity (Wildman–Crippen MR) is 136 cm³/mol. The van der Waals surface area contributed by atoms with Crippen LogP contribution < -0.4 is 14.2 Å². The van der Waals surface area contributed by atoms with E-state index in [9.17, 15) is 5.11 Å². The molecule has 1 aromatic heterocycles. The second-order valence-corrected chi connectivity index (χ2v) is 9.62. The van der Waals surface area contributed by atoms with E-state index < -0.39 is 5.60 Å². The fourth-order valence-electron chi connectivity index (χ4n) is 4.34. The van der Waals surface area contributed by atoms with Gasteiger partial charge in [-0.1, -0.05) is 23.7 Å². The molecule has 35 heavy (non-hydrogen) atoms. The quantitative estimate of drug-likeness (QED) is 0.435. The molecule has 188 valence electrons. The number of nitrogens with zero attached hydrogens (tertiary/aromatic N) is 3. The molecular formula is C27H34ClN3O4. The summed E-state index contributed by atoms with van der Waals surface area (Å²) in [6.45, 7) is 5.98. The van der Waals surface area contributed by atoms with E-state index in [1.165, 1.54) is 0 Å². The Labute approximate surface area is 212 Å². The lowest BCUT2D eigenvalue weighted by atomic mass is 9.96. The van der Waals surface area contributed by atoms with Crippen LogP contribution in [0.15, 0.2) is 55.1 Å². The molecule has 1 saturated heterocycles. The molecule has 0 aliphatic carbocycles. The van der Waals surface area contributed by atoms with Crippen LogP contribution in [0, 0.1) is 6.92 Å². The van der Waals surface area contributed by atoms with Crippen LogP contribution >= 0.6 is 11.6 Å². The highest BCUT2D eigenvalue weighted by atomic mass is 35.5. The van der Waals surface area contributed by atoms with E-state index in [4.69, 9.17) is 25.8 Å². The number of rotatable bonds is 10. The van der Waals surface area contributed by atoms with E-state index >= 15 is 0 Å². The van der Waals surface area contributed by atoms with Crippen LogP contribution in [-0.4, -0.2) is 58.6 Å². The van der Waals surface area contributed by atoms with E-state index in [-0.39, 0.29) is 6.61 Å². The maximum atomic E-state index is 11.2. The molecule has 0 saturated carbocycles.